The standard InChI is InChI=1S/C28H23N/c1-18-12-14-20-21-15-13-19(17-25(21)28(2,3)24(20)16-18)29-26-10-6-4-8-22(26)23-9-5-7-11-27(23)29/h4-17H,1-3H3. The van der Waals surface area contributed by atoms with Crippen LogP contribution in [-0.4, -0.2) is 4.57 Å². The van der Waals surface area contributed by atoms with E-state index in [-0.39, 0.29) is 5.41 Å². The van der Waals surface area contributed by atoms with Crippen LogP contribution in [0.3, 0.4) is 0 Å². The molecule has 0 fully saturated rings. The van der Waals surface area contributed by atoms with E-state index in [0.29, 0.717) is 0 Å². The van der Waals surface area contributed by atoms with Crippen LogP contribution in [0.2, 0.25) is 0 Å². The Kier molecular flexibility index (Phi) is 3.21. The Bertz CT molecular complexity index is 1380. The summed E-state index contributed by atoms with van der Waals surface area (Å²) in [5, 5.41) is 2.61. The lowest BCUT2D eigenvalue weighted by Crippen LogP contribution is -2.15. The van der Waals surface area contributed by atoms with Crippen molar-refractivity contribution < 1.29 is 0 Å². The number of nitrogens with zero attached hydrogens (tertiary/aromatic N) is 1. The Balaban J connectivity index is 1.66. The van der Waals surface area contributed by atoms with Crippen molar-refractivity contribution in [2.45, 2.75) is 26.2 Å². The topological polar surface area (TPSA) is 4.93 Å². The van der Waals surface area contributed by atoms with E-state index in [1.165, 1.54) is 55.3 Å². The normalized spacial score (nSPS) is 14.3. The number of fused-ring (bicyclic) bond motifs is 6. The number of para-hydroxylation sites is 2. The van der Waals surface area contributed by atoms with Gasteiger partial charge in [-0.3, -0.25) is 0 Å². The summed E-state index contributed by atoms with van der Waals surface area (Å²) >= 11 is 0. The summed E-state index contributed by atoms with van der Waals surface area (Å²) in [5.41, 5.74) is 10.7. The van der Waals surface area contributed by atoms with Gasteiger partial charge in [0.15, 0.2) is 0 Å². The average molecular weight is 373 g/mol. The molecule has 1 nitrogen and oxygen atoms in total. The minimum Gasteiger partial charge on any atom is -0.309 e. The first-order valence-electron chi connectivity index (χ1n) is 10.3. The van der Waals surface area contributed by atoms with Crippen LogP contribution in [0.4, 0.5) is 0 Å². The van der Waals surface area contributed by atoms with Gasteiger partial charge in [-0.25, -0.2) is 0 Å². The number of aromatic nitrogens is 1. The molecule has 0 saturated carbocycles. The Morgan fingerprint density at radius 3 is 1.83 bits per heavy atom. The van der Waals surface area contributed by atoms with Gasteiger partial charge in [0.1, 0.15) is 0 Å². The van der Waals surface area contributed by atoms with Gasteiger partial charge in [0.2, 0.25) is 0 Å². The van der Waals surface area contributed by atoms with Crippen molar-refractivity contribution in [2.24, 2.45) is 0 Å². The van der Waals surface area contributed by atoms with E-state index < -0.39 is 0 Å². The smallest absolute Gasteiger partial charge is 0.0541 e. The van der Waals surface area contributed by atoms with Crippen LogP contribution in [0, 0.1) is 6.92 Å². The van der Waals surface area contributed by atoms with Crippen molar-refractivity contribution in [3.8, 4) is 16.8 Å². The zero-order valence-corrected chi connectivity index (χ0v) is 17.0. The van der Waals surface area contributed by atoms with E-state index in [1.807, 2.05) is 0 Å². The average Bonchev–Trinajstić information content (AvgIpc) is 3.18. The number of rotatable bonds is 1. The van der Waals surface area contributed by atoms with E-state index in [1.54, 1.807) is 0 Å². The molecule has 0 saturated heterocycles. The lowest BCUT2D eigenvalue weighted by molar-refractivity contribution is 0.659. The van der Waals surface area contributed by atoms with Crippen molar-refractivity contribution in [2.75, 3.05) is 0 Å². The molecule has 6 rings (SSSR count). The minimum atomic E-state index is 0.00541. The van der Waals surface area contributed by atoms with Crippen LogP contribution in [0.1, 0.15) is 30.5 Å². The number of hydrogen-bond acceptors (Lipinski definition) is 0. The molecule has 140 valence electrons. The van der Waals surface area contributed by atoms with Crippen molar-refractivity contribution >= 4 is 21.8 Å². The molecule has 1 heterocycles. The first-order chi connectivity index (χ1) is 14.1. The quantitative estimate of drug-likeness (QED) is 0.288. The Morgan fingerprint density at radius 2 is 1.17 bits per heavy atom. The van der Waals surface area contributed by atoms with Crippen LogP contribution >= 0.6 is 0 Å². The maximum Gasteiger partial charge on any atom is 0.0541 e. The fourth-order valence-electron chi connectivity index (χ4n) is 5.18. The van der Waals surface area contributed by atoms with E-state index in [0.717, 1.165) is 0 Å². The highest BCUT2D eigenvalue weighted by molar-refractivity contribution is 6.09. The third-order valence-corrected chi connectivity index (χ3v) is 6.65. The molecule has 0 radical (unpaired) electrons. The molecule has 0 atom stereocenters. The third-order valence-electron chi connectivity index (χ3n) is 6.65. The van der Waals surface area contributed by atoms with Crippen LogP contribution < -0.4 is 0 Å². The zero-order valence-electron chi connectivity index (χ0n) is 17.0. The molecule has 0 aliphatic heterocycles. The summed E-state index contributed by atoms with van der Waals surface area (Å²) in [6.07, 6.45) is 0. The predicted molar refractivity (Wildman–Crippen MR) is 123 cm³/mol. The monoisotopic (exact) mass is 373 g/mol. The maximum absolute atomic E-state index is 2.41. The van der Waals surface area contributed by atoms with Gasteiger partial charge in [0.25, 0.3) is 0 Å². The van der Waals surface area contributed by atoms with E-state index in [2.05, 4.69) is 110 Å². The molecular weight excluding hydrogens is 350 g/mol. The fraction of sp³-hybridized carbons (Fsp3) is 0.143. The molecule has 1 heteroatoms. The van der Waals surface area contributed by atoms with E-state index in [4.69, 9.17) is 0 Å². The largest absolute Gasteiger partial charge is 0.309 e. The van der Waals surface area contributed by atoms with Gasteiger partial charge in [-0.1, -0.05) is 80.1 Å². The molecule has 1 aliphatic carbocycles. The minimum absolute atomic E-state index is 0.00541. The van der Waals surface area contributed by atoms with Gasteiger partial charge in [-0.2, -0.15) is 0 Å². The number of aryl methyl sites for hydroxylation is 1. The van der Waals surface area contributed by atoms with Gasteiger partial charge in [-0.05, 0) is 53.4 Å². The first kappa shape index (κ1) is 16.6. The highest BCUT2D eigenvalue weighted by Crippen LogP contribution is 2.49. The number of hydrogen-bond donors (Lipinski definition) is 0. The van der Waals surface area contributed by atoms with Crippen LogP contribution in [0.15, 0.2) is 84.9 Å². The lowest BCUT2D eigenvalue weighted by atomic mass is 9.82. The summed E-state index contributed by atoms with van der Waals surface area (Å²) in [7, 11) is 0. The van der Waals surface area contributed by atoms with Gasteiger partial charge < -0.3 is 4.57 Å². The Hall–Kier alpha value is -3.32. The Labute approximate surface area is 171 Å². The molecule has 4 aromatic carbocycles. The first-order valence-corrected chi connectivity index (χ1v) is 10.3. The number of benzene rings is 4. The highest BCUT2D eigenvalue weighted by atomic mass is 15.0. The van der Waals surface area contributed by atoms with Crippen molar-refractivity contribution in [3.63, 3.8) is 0 Å². The van der Waals surface area contributed by atoms with Gasteiger partial charge in [0.05, 0.1) is 11.0 Å². The molecule has 0 N–H and O–H groups in total. The van der Waals surface area contributed by atoms with E-state index >= 15 is 0 Å². The molecule has 1 aliphatic rings. The van der Waals surface area contributed by atoms with Gasteiger partial charge in [0, 0.05) is 21.9 Å². The fourth-order valence-corrected chi connectivity index (χ4v) is 5.18. The van der Waals surface area contributed by atoms with Crippen molar-refractivity contribution in [1.82, 2.24) is 4.57 Å². The molecule has 1 aromatic heterocycles. The molecule has 0 spiro atoms. The second kappa shape index (κ2) is 5.61. The molecular formula is C28H23N. The highest BCUT2D eigenvalue weighted by Gasteiger charge is 2.35. The summed E-state index contributed by atoms with van der Waals surface area (Å²) in [4.78, 5) is 0. The van der Waals surface area contributed by atoms with Crippen LogP contribution in [0.5, 0.6) is 0 Å². The van der Waals surface area contributed by atoms with Crippen molar-refractivity contribution in [3.05, 3.63) is 102 Å². The van der Waals surface area contributed by atoms with Crippen LogP contribution in [-0.2, 0) is 5.41 Å². The zero-order chi connectivity index (χ0) is 19.8. The van der Waals surface area contributed by atoms with Gasteiger partial charge in [-0.15, -0.1) is 0 Å². The molecule has 0 amide bonds. The van der Waals surface area contributed by atoms with Gasteiger partial charge >= 0.3 is 0 Å². The SMILES string of the molecule is Cc1ccc2c(c1)C(C)(C)c1cc(-n3c4ccccc4c4ccccc43)ccc1-2. The molecule has 0 bridgehead atoms. The summed E-state index contributed by atoms with van der Waals surface area (Å²) in [6.45, 7) is 6.89. The summed E-state index contributed by atoms with van der Waals surface area (Å²) in [6, 6.07) is 31.3. The predicted octanol–water partition coefficient (Wildman–Crippen LogP) is 7.40. The molecule has 5 aromatic rings. The second-order valence-electron chi connectivity index (χ2n) is 8.77. The summed E-state index contributed by atoms with van der Waals surface area (Å²) in [5.74, 6) is 0. The Morgan fingerprint density at radius 1 is 0.621 bits per heavy atom. The summed E-state index contributed by atoms with van der Waals surface area (Å²) < 4.78 is 2.41. The molecule has 29 heavy (non-hydrogen) atoms. The van der Waals surface area contributed by atoms with Crippen molar-refractivity contribution in [1.29, 1.82) is 0 Å². The lowest BCUT2D eigenvalue weighted by Gasteiger charge is -2.22. The maximum atomic E-state index is 2.41. The molecule has 0 unspecified atom stereocenters. The van der Waals surface area contributed by atoms with E-state index in [9.17, 15) is 0 Å². The second-order valence-corrected chi connectivity index (χ2v) is 8.77. The third kappa shape index (κ3) is 2.16. The van der Waals surface area contributed by atoms with Crippen LogP contribution in [0.25, 0.3) is 38.6 Å².